The minimum atomic E-state index is -3.66. The van der Waals surface area contributed by atoms with Gasteiger partial charge in [-0.3, -0.25) is 4.72 Å². The van der Waals surface area contributed by atoms with Crippen LogP contribution in [0.5, 0.6) is 0 Å². The molecule has 1 heterocycles. The fourth-order valence-electron chi connectivity index (χ4n) is 1.50. The van der Waals surface area contributed by atoms with Gasteiger partial charge < -0.3 is 5.11 Å². The molecule has 2 rings (SSSR count). The van der Waals surface area contributed by atoms with E-state index in [1.54, 1.807) is 24.3 Å². The zero-order chi connectivity index (χ0) is 14.4. The Hall–Kier alpha value is -2.36. The first-order chi connectivity index (χ1) is 9.62. The molecule has 5 nitrogen and oxygen atoms in total. The van der Waals surface area contributed by atoms with Crippen LogP contribution in [-0.2, 0) is 10.0 Å². The van der Waals surface area contributed by atoms with E-state index in [-0.39, 0.29) is 17.3 Å². The van der Waals surface area contributed by atoms with Crippen molar-refractivity contribution in [3.8, 4) is 11.8 Å². The van der Waals surface area contributed by atoms with Gasteiger partial charge in [0.05, 0.1) is 4.90 Å². The van der Waals surface area contributed by atoms with Gasteiger partial charge in [0.1, 0.15) is 12.4 Å². The minimum absolute atomic E-state index is 0.161. The van der Waals surface area contributed by atoms with Gasteiger partial charge in [-0.2, -0.15) is 0 Å². The third-order valence-electron chi connectivity index (χ3n) is 2.36. The quantitative estimate of drug-likeness (QED) is 0.832. The molecule has 0 saturated carbocycles. The summed E-state index contributed by atoms with van der Waals surface area (Å²) in [5.41, 5.74) is 0.569. The summed E-state index contributed by atoms with van der Waals surface area (Å²) in [6.07, 6.45) is 1.45. The summed E-state index contributed by atoms with van der Waals surface area (Å²) in [7, 11) is -3.66. The van der Waals surface area contributed by atoms with Crippen LogP contribution in [-0.4, -0.2) is 25.1 Å². The van der Waals surface area contributed by atoms with Crippen LogP contribution in [0.4, 0.5) is 5.82 Å². The van der Waals surface area contributed by atoms with Crippen LogP contribution in [0.25, 0.3) is 0 Å². The molecule has 6 heteroatoms. The zero-order valence-electron chi connectivity index (χ0n) is 10.4. The van der Waals surface area contributed by atoms with E-state index in [4.69, 9.17) is 5.11 Å². The fourth-order valence-corrected chi connectivity index (χ4v) is 2.52. The standard InChI is InChI=1S/C14H12N2O3S/c17-10-4-5-12-8-9-15-14(11-12)16-20(18,19)13-6-2-1-3-7-13/h1-3,6-9,11,17H,10H2,(H,15,16). The van der Waals surface area contributed by atoms with Crippen LogP contribution in [0.15, 0.2) is 53.6 Å². The Morgan fingerprint density at radius 2 is 1.95 bits per heavy atom. The Balaban J connectivity index is 2.26. The molecule has 0 saturated heterocycles. The molecule has 0 fully saturated rings. The lowest BCUT2D eigenvalue weighted by atomic mass is 10.2. The van der Waals surface area contributed by atoms with Gasteiger partial charge in [0.2, 0.25) is 0 Å². The Kier molecular flexibility index (Phi) is 4.35. The third-order valence-corrected chi connectivity index (χ3v) is 3.73. The van der Waals surface area contributed by atoms with Gasteiger partial charge in [0.25, 0.3) is 10.0 Å². The van der Waals surface area contributed by atoms with Gasteiger partial charge in [0, 0.05) is 11.8 Å². The second-order valence-electron chi connectivity index (χ2n) is 3.81. The Morgan fingerprint density at radius 3 is 2.65 bits per heavy atom. The molecular weight excluding hydrogens is 276 g/mol. The highest BCUT2D eigenvalue weighted by molar-refractivity contribution is 7.92. The third kappa shape index (κ3) is 3.57. The SMILES string of the molecule is O=S(=O)(Nc1cc(C#CCO)ccn1)c1ccccc1. The number of aliphatic hydroxyl groups is 1. The van der Waals surface area contributed by atoms with E-state index in [0.717, 1.165) is 0 Å². The lowest BCUT2D eigenvalue weighted by molar-refractivity contribution is 0.350. The Morgan fingerprint density at radius 1 is 1.20 bits per heavy atom. The first kappa shape index (κ1) is 14.1. The van der Waals surface area contributed by atoms with E-state index in [0.29, 0.717) is 5.56 Å². The van der Waals surface area contributed by atoms with Crippen molar-refractivity contribution in [1.82, 2.24) is 4.98 Å². The van der Waals surface area contributed by atoms with Crippen molar-refractivity contribution in [2.24, 2.45) is 0 Å². The summed E-state index contributed by atoms with van der Waals surface area (Å²) in [5, 5.41) is 8.63. The van der Waals surface area contributed by atoms with E-state index < -0.39 is 10.0 Å². The molecular formula is C14H12N2O3S. The van der Waals surface area contributed by atoms with Crippen molar-refractivity contribution in [3.63, 3.8) is 0 Å². The molecule has 102 valence electrons. The lowest BCUT2D eigenvalue weighted by Crippen LogP contribution is -2.13. The molecule has 1 aromatic heterocycles. The molecule has 20 heavy (non-hydrogen) atoms. The van der Waals surface area contributed by atoms with Crippen molar-refractivity contribution in [3.05, 3.63) is 54.2 Å². The van der Waals surface area contributed by atoms with E-state index >= 15 is 0 Å². The summed E-state index contributed by atoms with van der Waals surface area (Å²) >= 11 is 0. The highest BCUT2D eigenvalue weighted by atomic mass is 32.2. The minimum Gasteiger partial charge on any atom is -0.384 e. The van der Waals surface area contributed by atoms with E-state index in [1.807, 2.05) is 0 Å². The second-order valence-corrected chi connectivity index (χ2v) is 5.49. The maximum atomic E-state index is 12.1. The van der Waals surface area contributed by atoms with Crippen molar-refractivity contribution < 1.29 is 13.5 Å². The largest absolute Gasteiger partial charge is 0.384 e. The van der Waals surface area contributed by atoms with Crippen molar-refractivity contribution >= 4 is 15.8 Å². The topological polar surface area (TPSA) is 79.3 Å². The molecule has 0 radical (unpaired) electrons. The van der Waals surface area contributed by atoms with Gasteiger partial charge in [-0.15, -0.1) is 0 Å². The predicted molar refractivity (Wildman–Crippen MR) is 75.5 cm³/mol. The maximum Gasteiger partial charge on any atom is 0.263 e. The number of anilines is 1. The van der Waals surface area contributed by atoms with Crippen LogP contribution in [0.1, 0.15) is 5.56 Å². The number of nitrogens with zero attached hydrogens (tertiary/aromatic N) is 1. The number of aliphatic hydroxyl groups excluding tert-OH is 1. The molecule has 0 aliphatic heterocycles. The number of pyridine rings is 1. The van der Waals surface area contributed by atoms with Crippen LogP contribution in [0.3, 0.4) is 0 Å². The summed E-state index contributed by atoms with van der Waals surface area (Å²) < 4.78 is 26.6. The monoisotopic (exact) mass is 288 g/mol. The van der Waals surface area contributed by atoms with E-state index in [2.05, 4.69) is 21.5 Å². The number of aromatic nitrogens is 1. The summed E-state index contributed by atoms with van der Waals surface area (Å²) in [6.45, 7) is -0.257. The predicted octanol–water partition coefficient (Wildman–Crippen LogP) is 1.23. The summed E-state index contributed by atoms with van der Waals surface area (Å²) in [4.78, 5) is 4.10. The molecule has 0 unspecified atom stereocenters. The summed E-state index contributed by atoms with van der Waals surface area (Å²) in [6, 6.07) is 11.2. The van der Waals surface area contributed by atoms with Gasteiger partial charge in [0.15, 0.2) is 0 Å². The molecule has 0 amide bonds. The lowest BCUT2D eigenvalue weighted by Gasteiger charge is -2.07. The maximum absolute atomic E-state index is 12.1. The summed E-state index contributed by atoms with van der Waals surface area (Å²) in [5.74, 6) is 5.35. The molecule has 0 bridgehead atoms. The van der Waals surface area contributed by atoms with Gasteiger partial charge in [-0.05, 0) is 24.3 Å². The van der Waals surface area contributed by atoms with Crippen molar-refractivity contribution in [2.45, 2.75) is 4.90 Å². The van der Waals surface area contributed by atoms with Crippen molar-refractivity contribution in [1.29, 1.82) is 0 Å². The molecule has 2 aromatic rings. The van der Waals surface area contributed by atoms with Crippen LogP contribution in [0.2, 0.25) is 0 Å². The van der Waals surface area contributed by atoms with Crippen LogP contribution >= 0.6 is 0 Å². The first-order valence-corrected chi connectivity index (χ1v) is 7.24. The molecule has 0 spiro atoms. The zero-order valence-corrected chi connectivity index (χ0v) is 11.3. The average molecular weight is 288 g/mol. The van der Waals surface area contributed by atoms with Gasteiger partial charge >= 0.3 is 0 Å². The number of benzene rings is 1. The number of hydrogen-bond donors (Lipinski definition) is 2. The smallest absolute Gasteiger partial charge is 0.263 e. The van der Waals surface area contributed by atoms with Crippen molar-refractivity contribution in [2.75, 3.05) is 11.3 Å². The average Bonchev–Trinajstić information content (AvgIpc) is 2.46. The first-order valence-electron chi connectivity index (χ1n) is 5.75. The fraction of sp³-hybridized carbons (Fsp3) is 0.0714. The normalized spacial score (nSPS) is 10.4. The van der Waals surface area contributed by atoms with Gasteiger partial charge in [-0.25, -0.2) is 13.4 Å². The highest BCUT2D eigenvalue weighted by Gasteiger charge is 2.13. The van der Waals surface area contributed by atoms with Gasteiger partial charge in [-0.1, -0.05) is 30.0 Å². The molecule has 1 aromatic carbocycles. The van der Waals surface area contributed by atoms with Crippen LogP contribution in [0, 0.1) is 11.8 Å². The van der Waals surface area contributed by atoms with E-state index in [9.17, 15) is 8.42 Å². The second kappa shape index (κ2) is 6.19. The van der Waals surface area contributed by atoms with E-state index in [1.165, 1.54) is 24.4 Å². The molecule has 0 aliphatic carbocycles. The Bertz CT molecular complexity index is 747. The molecule has 0 atom stereocenters. The number of sulfonamides is 1. The van der Waals surface area contributed by atoms with Crippen LogP contribution < -0.4 is 4.72 Å². The number of nitrogens with one attached hydrogen (secondary N) is 1. The highest BCUT2D eigenvalue weighted by Crippen LogP contribution is 2.14. The molecule has 0 aliphatic rings. The Labute approximate surface area is 117 Å². The molecule has 2 N–H and O–H groups in total. The number of rotatable bonds is 3. The number of hydrogen-bond acceptors (Lipinski definition) is 4.